The fourth-order valence-corrected chi connectivity index (χ4v) is 3.81. The van der Waals surface area contributed by atoms with Crippen LogP contribution in [-0.4, -0.2) is 28.3 Å². The first-order valence-corrected chi connectivity index (χ1v) is 10.5. The number of unbranched alkanes of at least 4 members (excludes halogenated alkanes) is 3. The maximum absolute atomic E-state index is 11.7. The Morgan fingerprint density at radius 3 is 2.59 bits per heavy atom. The molecule has 1 unspecified atom stereocenters. The van der Waals surface area contributed by atoms with Crippen LogP contribution in [-0.2, 0) is 9.59 Å². The highest BCUT2D eigenvalue weighted by Crippen LogP contribution is 2.28. The predicted molar refractivity (Wildman–Crippen MR) is 114 cm³/mol. The van der Waals surface area contributed by atoms with E-state index in [2.05, 4.69) is 12.2 Å². The van der Waals surface area contributed by atoms with Crippen LogP contribution in [0.4, 0.5) is 4.79 Å². The van der Waals surface area contributed by atoms with Gasteiger partial charge in [-0.2, -0.15) is 0 Å². The van der Waals surface area contributed by atoms with Crippen molar-refractivity contribution in [1.82, 2.24) is 5.32 Å². The number of carbonyl (C=O) groups excluding carboxylic acids is 2. The van der Waals surface area contributed by atoms with Crippen LogP contribution in [0.1, 0.15) is 44.6 Å². The molecule has 0 aromatic heterocycles. The Bertz CT molecular complexity index is 969. The number of carbonyl (C=O) groups is 3. The van der Waals surface area contributed by atoms with Crippen molar-refractivity contribution in [3.05, 3.63) is 46.9 Å². The van der Waals surface area contributed by atoms with Gasteiger partial charge in [-0.15, -0.1) is 0 Å². The molecule has 29 heavy (non-hydrogen) atoms. The number of rotatable bonds is 9. The molecule has 1 heterocycles. The molecule has 0 spiro atoms. The van der Waals surface area contributed by atoms with Gasteiger partial charge in [-0.05, 0) is 65.2 Å². The Morgan fingerprint density at radius 1 is 1.14 bits per heavy atom. The standard InChI is InChI=1S/C22H23NO5S/c1-2-3-4-5-6-18(21(25)26)28-17-10-9-15-11-14(7-8-16(15)13-17)12-19-20(24)23-22(27)29-19/h7-13,18H,2-6H2,1H3,(H,25,26)(H,23,24,27). The lowest BCUT2D eigenvalue weighted by Crippen LogP contribution is -2.26. The molecule has 2 aromatic carbocycles. The van der Waals surface area contributed by atoms with Crippen LogP contribution in [0.2, 0.25) is 0 Å². The summed E-state index contributed by atoms with van der Waals surface area (Å²) in [7, 11) is 0. The summed E-state index contributed by atoms with van der Waals surface area (Å²) >= 11 is 0.881. The predicted octanol–water partition coefficient (Wildman–Crippen LogP) is 4.97. The van der Waals surface area contributed by atoms with Gasteiger partial charge in [-0.3, -0.25) is 14.9 Å². The molecule has 1 saturated heterocycles. The third-order valence-electron chi connectivity index (χ3n) is 4.65. The molecule has 1 aliphatic rings. The molecule has 0 saturated carbocycles. The summed E-state index contributed by atoms with van der Waals surface area (Å²) in [6, 6.07) is 11.1. The zero-order chi connectivity index (χ0) is 20.8. The van der Waals surface area contributed by atoms with Crippen molar-refractivity contribution in [2.45, 2.75) is 45.1 Å². The average molecular weight is 413 g/mol. The summed E-state index contributed by atoms with van der Waals surface area (Å²) in [5.41, 5.74) is 0.804. The first-order valence-electron chi connectivity index (χ1n) is 9.64. The number of aliphatic carboxylic acids is 1. The lowest BCUT2D eigenvalue weighted by Gasteiger charge is -2.15. The van der Waals surface area contributed by atoms with Crippen molar-refractivity contribution in [2.24, 2.45) is 0 Å². The van der Waals surface area contributed by atoms with Crippen molar-refractivity contribution in [1.29, 1.82) is 0 Å². The van der Waals surface area contributed by atoms with Crippen LogP contribution in [0.15, 0.2) is 41.3 Å². The number of carboxylic acids is 1. The van der Waals surface area contributed by atoms with Crippen molar-refractivity contribution in [2.75, 3.05) is 0 Å². The quantitative estimate of drug-likeness (QED) is 0.446. The van der Waals surface area contributed by atoms with Gasteiger partial charge in [0.05, 0.1) is 4.91 Å². The van der Waals surface area contributed by atoms with E-state index in [-0.39, 0.29) is 11.1 Å². The van der Waals surface area contributed by atoms with E-state index in [0.29, 0.717) is 17.1 Å². The summed E-state index contributed by atoms with van der Waals surface area (Å²) in [6.07, 6.45) is 5.32. The number of carboxylic acid groups (broad SMARTS) is 1. The zero-order valence-corrected chi connectivity index (χ0v) is 17.0. The maximum atomic E-state index is 11.7. The Kier molecular flexibility index (Phi) is 6.93. The van der Waals surface area contributed by atoms with E-state index in [0.717, 1.165) is 53.8 Å². The second-order valence-electron chi connectivity index (χ2n) is 6.91. The van der Waals surface area contributed by atoms with Gasteiger partial charge in [0.25, 0.3) is 11.1 Å². The molecule has 0 aliphatic carbocycles. The van der Waals surface area contributed by atoms with Crippen LogP contribution in [0.5, 0.6) is 5.75 Å². The van der Waals surface area contributed by atoms with Crippen LogP contribution >= 0.6 is 11.8 Å². The van der Waals surface area contributed by atoms with Crippen LogP contribution < -0.4 is 10.1 Å². The summed E-state index contributed by atoms with van der Waals surface area (Å²) in [6.45, 7) is 2.11. The molecule has 2 aromatic rings. The van der Waals surface area contributed by atoms with E-state index in [1.807, 2.05) is 30.3 Å². The summed E-state index contributed by atoms with van der Waals surface area (Å²) in [4.78, 5) is 34.8. The summed E-state index contributed by atoms with van der Waals surface area (Å²) in [5, 5.41) is 13.1. The molecule has 3 rings (SSSR count). The van der Waals surface area contributed by atoms with Gasteiger partial charge in [-0.25, -0.2) is 4.79 Å². The summed E-state index contributed by atoms with van der Waals surface area (Å²) in [5.74, 6) is -0.823. The number of nitrogens with one attached hydrogen (secondary N) is 1. The second kappa shape index (κ2) is 9.60. The Labute approximate surface area is 173 Å². The second-order valence-corrected chi connectivity index (χ2v) is 7.93. The normalized spacial score (nSPS) is 16.2. The number of amides is 2. The number of fused-ring (bicyclic) bond motifs is 1. The lowest BCUT2D eigenvalue weighted by molar-refractivity contribution is -0.145. The number of imide groups is 1. The minimum atomic E-state index is -0.953. The van der Waals surface area contributed by atoms with Gasteiger partial charge < -0.3 is 9.84 Å². The molecule has 0 bridgehead atoms. The van der Waals surface area contributed by atoms with Crippen molar-refractivity contribution < 1.29 is 24.2 Å². The first kappa shape index (κ1) is 20.9. The molecule has 1 fully saturated rings. The molecule has 0 radical (unpaired) electrons. The van der Waals surface area contributed by atoms with Crippen molar-refractivity contribution in [3.63, 3.8) is 0 Å². The van der Waals surface area contributed by atoms with Gasteiger partial charge in [-0.1, -0.05) is 44.4 Å². The van der Waals surface area contributed by atoms with Crippen LogP contribution in [0.3, 0.4) is 0 Å². The van der Waals surface area contributed by atoms with Gasteiger partial charge >= 0.3 is 5.97 Å². The fourth-order valence-electron chi connectivity index (χ4n) is 3.13. The van der Waals surface area contributed by atoms with Crippen LogP contribution in [0, 0.1) is 0 Å². The third-order valence-corrected chi connectivity index (χ3v) is 5.46. The number of thioether (sulfide) groups is 1. The van der Waals surface area contributed by atoms with Gasteiger partial charge in [0.15, 0.2) is 6.10 Å². The Hall–Kier alpha value is -2.80. The van der Waals surface area contributed by atoms with Crippen molar-refractivity contribution in [3.8, 4) is 5.75 Å². The average Bonchev–Trinajstić information content (AvgIpc) is 3.00. The third kappa shape index (κ3) is 5.60. The lowest BCUT2D eigenvalue weighted by atomic mass is 10.1. The SMILES string of the molecule is CCCCCCC(Oc1ccc2cc(C=C3SC(=O)NC3=O)ccc2c1)C(=O)O. The van der Waals surface area contributed by atoms with E-state index < -0.39 is 12.1 Å². The van der Waals surface area contributed by atoms with Crippen molar-refractivity contribution >= 4 is 45.7 Å². The molecule has 1 aliphatic heterocycles. The zero-order valence-electron chi connectivity index (χ0n) is 16.1. The van der Waals surface area contributed by atoms with Gasteiger partial charge in [0.1, 0.15) is 5.75 Å². The number of benzene rings is 2. The highest BCUT2D eigenvalue weighted by molar-refractivity contribution is 8.18. The smallest absolute Gasteiger partial charge is 0.344 e. The molecular weight excluding hydrogens is 390 g/mol. The van der Waals surface area contributed by atoms with E-state index in [1.165, 1.54) is 0 Å². The van der Waals surface area contributed by atoms with E-state index in [4.69, 9.17) is 4.74 Å². The Morgan fingerprint density at radius 2 is 1.90 bits per heavy atom. The molecule has 7 heteroatoms. The topological polar surface area (TPSA) is 92.7 Å². The number of ether oxygens (including phenoxy) is 1. The molecule has 2 amide bonds. The molecule has 152 valence electrons. The highest BCUT2D eigenvalue weighted by Gasteiger charge is 2.25. The van der Waals surface area contributed by atoms with Crippen LogP contribution in [0.25, 0.3) is 16.8 Å². The van der Waals surface area contributed by atoms with E-state index >= 15 is 0 Å². The monoisotopic (exact) mass is 413 g/mol. The molecular formula is C22H23NO5S. The summed E-state index contributed by atoms with van der Waals surface area (Å²) < 4.78 is 5.72. The minimum absolute atomic E-state index is 0.363. The molecule has 1 atom stereocenters. The molecule has 2 N–H and O–H groups in total. The maximum Gasteiger partial charge on any atom is 0.344 e. The Balaban J connectivity index is 1.73. The van der Waals surface area contributed by atoms with Gasteiger partial charge in [0, 0.05) is 0 Å². The number of hydrogen-bond acceptors (Lipinski definition) is 5. The molecule has 6 nitrogen and oxygen atoms in total. The highest BCUT2D eigenvalue weighted by atomic mass is 32.2. The van der Waals surface area contributed by atoms with E-state index in [1.54, 1.807) is 12.1 Å². The largest absolute Gasteiger partial charge is 0.479 e. The van der Waals surface area contributed by atoms with Gasteiger partial charge in [0.2, 0.25) is 0 Å². The first-order chi connectivity index (χ1) is 14.0. The fraction of sp³-hybridized carbons (Fsp3) is 0.318. The number of hydrogen-bond donors (Lipinski definition) is 2. The van der Waals surface area contributed by atoms with E-state index in [9.17, 15) is 19.5 Å². The minimum Gasteiger partial charge on any atom is -0.479 e.